The van der Waals surface area contributed by atoms with Crippen molar-refractivity contribution in [2.75, 3.05) is 25.5 Å². The van der Waals surface area contributed by atoms with Gasteiger partial charge in [0.25, 0.3) is 11.8 Å². The van der Waals surface area contributed by atoms with Gasteiger partial charge < -0.3 is 71.5 Å². The van der Waals surface area contributed by atoms with Gasteiger partial charge in [0, 0.05) is 69.8 Å². The number of halogens is 1. The Morgan fingerprint density at radius 2 is 1.49 bits per heavy atom. The van der Waals surface area contributed by atoms with E-state index in [9.17, 15) is 57.5 Å². The van der Waals surface area contributed by atoms with Gasteiger partial charge in [-0.2, -0.15) is 0 Å². The molecule has 0 aromatic heterocycles. The second kappa shape index (κ2) is 34.5. The third-order valence-electron chi connectivity index (χ3n) is 15.5. The van der Waals surface area contributed by atoms with Gasteiger partial charge in [0.15, 0.2) is 6.10 Å². The van der Waals surface area contributed by atoms with Crippen molar-refractivity contribution in [3.63, 3.8) is 0 Å². The number of methoxy groups -OCH3 is 1. The summed E-state index contributed by atoms with van der Waals surface area (Å²) in [5, 5.41) is 19.5. The maximum Gasteiger partial charge on any atom is 0.407 e. The zero-order valence-electron chi connectivity index (χ0n) is 53.4. The van der Waals surface area contributed by atoms with E-state index >= 15 is 0 Å². The van der Waals surface area contributed by atoms with Crippen LogP contribution in [0.4, 0.5) is 15.3 Å². The van der Waals surface area contributed by atoms with Crippen LogP contribution in [0.5, 0.6) is 5.75 Å². The number of hydrogen-bond acceptors (Lipinski definition) is 18. The number of imide groups is 1. The molecule has 0 spiro atoms. The van der Waals surface area contributed by atoms with E-state index in [4.69, 9.17) is 45.9 Å². The van der Waals surface area contributed by atoms with Gasteiger partial charge in [-0.1, -0.05) is 94.8 Å². The molecule has 28 heteroatoms. The topological polar surface area (TPSA) is 377 Å². The molecule has 8 atom stereocenters. The fraction of sp³-hybridized carbons (Fsp3) is 0.508. The number of hydrogen-bond donors (Lipinski definition) is 8. The van der Waals surface area contributed by atoms with Crippen LogP contribution >= 0.6 is 11.6 Å². The van der Waals surface area contributed by atoms with Gasteiger partial charge in [0.2, 0.25) is 29.5 Å². The molecule has 0 bridgehead atoms. The van der Waals surface area contributed by atoms with Crippen molar-refractivity contribution in [3.05, 3.63) is 106 Å². The number of nitrogens with two attached hydrogens (primary N) is 1. The van der Waals surface area contributed by atoms with Crippen molar-refractivity contribution < 1.29 is 86.1 Å². The minimum atomic E-state index is -1.29. The van der Waals surface area contributed by atoms with Gasteiger partial charge in [-0.3, -0.25) is 38.4 Å². The van der Waals surface area contributed by atoms with E-state index in [-0.39, 0.29) is 96.4 Å². The summed E-state index contributed by atoms with van der Waals surface area (Å²) in [5.41, 5.74) is 7.03. The van der Waals surface area contributed by atoms with E-state index in [0.29, 0.717) is 32.6 Å². The first kappa shape index (κ1) is 72.9. The molecule has 3 heterocycles. The van der Waals surface area contributed by atoms with Crippen molar-refractivity contribution in [3.8, 4) is 5.75 Å². The van der Waals surface area contributed by atoms with Crippen molar-refractivity contribution in [2.24, 2.45) is 28.9 Å². The molecule has 27 nitrogen and oxygen atoms in total. The van der Waals surface area contributed by atoms with Crippen LogP contribution in [0, 0.1) is 23.2 Å². The number of alkyl carbamates (subject to hydrolysis) is 1. The van der Waals surface area contributed by atoms with Crippen LogP contribution < -0.4 is 47.7 Å². The summed E-state index contributed by atoms with van der Waals surface area (Å²) < 4.78 is 28.9. The number of benzene rings is 3. The number of amides is 10. The Labute approximate surface area is 544 Å². The minimum absolute atomic E-state index is 0.0121. The third-order valence-corrected chi connectivity index (χ3v) is 15.8. The molecule has 3 aliphatic heterocycles. The van der Waals surface area contributed by atoms with Gasteiger partial charge >= 0.3 is 30.0 Å². The lowest BCUT2D eigenvalue weighted by molar-refractivity contribution is -0.197. The number of nitrogens with zero attached hydrogens (tertiary/aromatic N) is 1. The molecule has 2 fully saturated rings. The summed E-state index contributed by atoms with van der Waals surface area (Å²) in [6, 6.07) is 14.7. The first-order chi connectivity index (χ1) is 44.1. The highest BCUT2D eigenvalue weighted by Crippen LogP contribution is 2.45. The number of primary amides is 1. The molecule has 93 heavy (non-hydrogen) atoms. The number of cyclic esters (lactones) is 2. The van der Waals surface area contributed by atoms with Gasteiger partial charge in [-0.25, -0.2) is 19.2 Å². The molecule has 9 N–H and O–H groups in total. The van der Waals surface area contributed by atoms with Crippen molar-refractivity contribution in [2.45, 2.75) is 168 Å². The summed E-state index contributed by atoms with van der Waals surface area (Å²) in [7, 11) is 1.48. The Morgan fingerprint density at radius 3 is 2.14 bits per heavy atom. The quantitative estimate of drug-likeness (QED) is 0.0157. The van der Waals surface area contributed by atoms with E-state index in [1.54, 1.807) is 76.2 Å². The van der Waals surface area contributed by atoms with Crippen LogP contribution in [-0.2, 0) is 91.3 Å². The molecule has 2 saturated heterocycles. The Kier molecular flexibility index (Phi) is 27.1. The van der Waals surface area contributed by atoms with Crippen LogP contribution in [0.25, 0.3) is 0 Å². The molecule has 504 valence electrons. The SMILES string of the molecule is COc1ccc(C[C@H]2NC(=O)/C=C/C[C@@H]([C@H](C)[C@@H]3O[C@H]3c3ccc(CNC(=O)OCc4ccc(NC(=O)[C@H](CCCNC(N)=O)NC(=O)[C@@H](NC(=O)CCCC(=O)ON5C(=O)CCC5=O)C(C)C)cc4)cc3)OC(=O)[C@H](CC(C)C)OC(=O)C(C)(C)CNC2=O)cc1Cl. The van der Waals surface area contributed by atoms with E-state index in [1.807, 2.05) is 45.0 Å². The van der Waals surface area contributed by atoms with Crippen LogP contribution in [0.15, 0.2) is 78.9 Å². The van der Waals surface area contributed by atoms with E-state index in [1.165, 1.54) is 13.2 Å². The van der Waals surface area contributed by atoms with E-state index in [0.717, 1.165) is 11.1 Å². The molecule has 0 saturated carbocycles. The van der Waals surface area contributed by atoms with Gasteiger partial charge in [-0.15, -0.1) is 5.06 Å². The number of ether oxygens (including phenoxy) is 5. The van der Waals surface area contributed by atoms with Crippen molar-refractivity contribution >= 4 is 88.7 Å². The Bertz CT molecular complexity index is 3220. The van der Waals surface area contributed by atoms with Crippen LogP contribution in [0.2, 0.25) is 5.02 Å². The molecule has 3 aromatic rings. The first-order valence-corrected chi connectivity index (χ1v) is 31.2. The molecule has 0 radical (unpaired) electrons. The van der Waals surface area contributed by atoms with Crippen LogP contribution in [0.1, 0.15) is 135 Å². The number of urea groups is 1. The Hall–Kier alpha value is -9.11. The number of anilines is 1. The highest BCUT2D eigenvalue weighted by atomic mass is 35.5. The molecule has 0 unspecified atom stereocenters. The summed E-state index contributed by atoms with van der Waals surface area (Å²) in [5.74, 6) is -7.16. The highest BCUT2D eigenvalue weighted by Gasteiger charge is 2.48. The van der Waals surface area contributed by atoms with Crippen LogP contribution in [0.3, 0.4) is 0 Å². The summed E-state index contributed by atoms with van der Waals surface area (Å²) in [6.45, 7) is 12.1. The maximum atomic E-state index is 14.0. The molecule has 3 aromatic carbocycles. The standard InChI is InChI=1S/C65H84ClN9O18/c1-36(2)30-49-61(84)90-47(13-9-14-50(76)72-46(32-41-21-26-48(88-8)44(66)31-41)58(81)70-35-65(6,7)62(85)91-49)38(5)56-57(92-56)42-22-17-39(18-23-42)33-69-64(87)89-34-40-19-24-43(25-20-40)71-59(82)45(12-11-29-68-63(67)86)73-60(83)55(37(3)4)74-51(77)15-10-16-54(80)93-75-52(78)27-28-53(75)79/h9,14,17-26,31,36-38,45-47,49,55-57H,10-13,15-16,27-30,32-35H2,1-8H3,(H,69,87)(H,70,81)(H,71,82)(H,72,76)(H,73,83)(H,74,77)(H3,67,68,86)/b14-9+/t38-,45-,46+,47-,49-,55-,56-,57-/m0/s1. The van der Waals surface area contributed by atoms with Gasteiger partial charge in [0.1, 0.15) is 42.7 Å². The van der Waals surface area contributed by atoms with Gasteiger partial charge in [-0.05, 0) is 104 Å². The fourth-order valence-corrected chi connectivity index (χ4v) is 10.2. The number of rotatable bonds is 27. The monoisotopic (exact) mass is 1310 g/mol. The van der Waals surface area contributed by atoms with Crippen LogP contribution in [-0.4, -0.2) is 133 Å². The molecular formula is C65H84ClN9O18. The zero-order valence-corrected chi connectivity index (χ0v) is 54.2. The number of nitrogens with one attached hydrogen (secondary N) is 7. The number of carbonyl (C=O) groups is 12. The Balaban J connectivity index is 1.000. The largest absolute Gasteiger partial charge is 0.495 e. The summed E-state index contributed by atoms with van der Waals surface area (Å²) >= 11 is 6.38. The lowest BCUT2D eigenvalue weighted by atomic mass is 9.92. The third kappa shape index (κ3) is 22.9. The summed E-state index contributed by atoms with van der Waals surface area (Å²) in [6.07, 6.45) is -0.859. The molecule has 0 aliphatic carbocycles. The van der Waals surface area contributed by atoms with E-state index < -0.39 is 131 Å². The Morgan fingerprint density at radius 1 is 0.817 bits per heavy atom. The number of esters is 2. The molecule has 3 aliphatic rings. The number of hydroxylamine groups is 2. The maximum absolute atomic E-state index is 14.0. The zero-order chi connectivity index (χ0) is 68.1. The highest BCUT2D eigenvalue weighted by molar-refractivity contribution is 6.32. The molecular weight excluding hydrogens is 1230 g/mol. The lowest BCUT2D eigenvalue weighted by Crippen LogP contribution is -2.54. The predicted molar refractivity (Wildman–Crippen MR) is 335 cm³/mol. The first-order valence-electron chi connectivity index (χ1n) is 30.8. The van der Waals surface area contributed by atoms with E-state index in [2.05, 4.69) is 37.2 Å². The fourth-order valence-electron chi connectivity index (χ4n) is 9.96. The number of epoxide rings is 1. The molecule has 6 rings (SSSR count). The average Bonchev–Trinajstić information content (AvgIpc) is 1.64. The molecule has 10 amide bonds. The smallest absolute Gasteiger partial charge is 0.407 e. The summed E-state index contributed by atoms with van der Waals surface area (Å²) in [4.78, 5) is 160. The normalized spacial score (nSPS) is 20.5. The second-order valence-electron chi connectivity index (χ2n) is 24.4. The van der Waals surface area contributed by atoms with Gasteiger partial charge in [0.05, 0.1) is 23.7 Å². The predicted octanol–water partition coefficient (Wildman–Crippen LogP) is 5.34. The average molecular weight is 1310 g/mol. The van der Waals surface area contributed by atoms with Crippen molar-refractivity contribution in [1.29, 1.82) is 0 Å². The van der Waals surface area contributed by atoms with Crippen molar-refractivity contribution in [1.82, 2.24) is 37.0 Å². The second-order valence-corrected chi connectivity index (χ2v) is 24.8. The minimum Gasteiger partial charge on any atom is -0.495 e. The number of carbonyl (C=O) groups excluding carboxylic acids is 12. The lowest BCUT2D eigenvalue weighted by Gasteiger charge is -2.29.